The van der Waals surface area contributed by atoms with Gasteiger partial charge in [-0.3, -0.25) is 14.6 Å². The standard InChI is InChI=1S/C29H19F4N3O2.ClH/c30-22-6-1-18(2-7-22)27(37)19-12-15-36(16-13-19)28(38)20-3-8-23(9-4-20)35-25-11-14-34-26-17-21(29(31,32)33)5-10-24(25)26;/h1-15,17H,16H2,(H,34,35);1H. The van der Waals surface area contributed by atoms with Crippen LogP contribution in [0.4, 0.5) is 28.9 Å². The van der Waals surface area contributed by atoms with Gasteiger partial charge in [-0.2, -0.15) is 13.2 Å². The lowest BCUT2D eigenvalue weighted by Crippen LogP contribution is -2.28. The number of nitrogens with zero attached hydrogens (tertiary/aromatic N) is 2. The molecule has 0 fully saturated rings. The van der Waals surface area contributed by atoms with Gasteiger partial charge in [0.15, 0.2) is 5.78 Å². The number of carbonyl (C=O) groups excluding carboxylic acids is 2. The molecule has 5 rings (SSSR count). The van der Waals surface area contributed by atoms with Crippen molar-refractivity contribution < 1.29 is 27.2 Å². The number of alkyl halides is 3. The number of allylic oxidation sites excluding steroid dienone is 2. The van der Waals surface area contributed by atoms with Crippen LogP contribution in [0.2, 0.25) is 0 Å². The Morgan fingerprint density at radius 3 is 2.23 bits per heavy atom. The van der Waals surface area contributed by atoms with E-state index in [-0.39, 0.29) is 36.2 Å². The normalized spacial score (nSPS) is 13.0. The minimum Gasteiger partial charge on any atom is -0.355 e. The van der Waals surface area contributed by atoms with Crippen LogP contribution >= 0.6 is 12.4 Å². The number of aromatic nitrogens is 1. The lowest BCUT2D eigenvalue weighted by atomic mass is 10.0. The third-order valence-electron chi connectivity index (χ3n) is 6.05. The molecule has 0 radical (unpaired) electrons. The fourth-order valence-corrected chi connectivity index (χ4v) is 4.03. The summed E-state index contributed by atoms with van der Waals surface area (Å²) >= 11 is 0. The topological polar surface area (TPSA) is 62.3 Å². The predicted octanol–water partition coefficient (Wildman–Crippen LogP) is 7.34. The van der Waals surface area contributed by atoms with Crippen LogP contribution in [-0.2, 0) is 6.18 Å². The van der Waals surface area contributed by atoms with E-state index >= 15 is 0 Å². The number of fused-ring (bicyclic) bond motifs is 1. The summed E-state index contributed by atoms with van der Waals surface area (Å²) in [5, 5.41) is 3.68. The first kappa shape index (κ1) is 27.5. The number of hydrogen-bond donors (Lipinski definition) is 1. The number of rotatable bonds is 5. The van der Waals surface area contributed by atoms with E-state index in [1.54, 1.807) is 42.5 Å². The molecule has 0 saturated heterocycles. The molecule has 0 spiro atoms. The lowest BCUT2D eigenvalue weighted by Gasteiger charge is -2.21. The number of pyridine rings is 1. The highest BCUT2D eigenvalue weighted by Gasteiger charge is 2.30. The molecule has 1 aromatic heterocycles. The molecule has 198 valence electrons. The molecule has 0 bridgehead atoms. The van der Waals surface area contributed by atoms with E-state index in [4.69, 9.17) is 0 Å². The van der Waals surface area contributed by atoms with Crippen molar-refractivity contribution in [3.05, 3.63) is 125 Å². The summed E-state index contributed by atoms with van der Waals surface area (Å²) < 4.78 is 52.2. The lowest BCUT2D eigenvalue weighted by molar-refractivity contribution is -0.137. The van der Waals surface area contributed by atoms with Gasteiger partial charge in [0.1, 0.15) is 5.82 Å². The Morgan fingerprint density at radius 1 is 0.897 bits per heavy atom. The Morgan fingerprint density at radius 2 is 1.59 bits per heavy atom. The molecule has 1 amide bonds. The molecule has 0 unspecified atom stereocenters. The van der Waals surface area contributed by atoms with Gasteiger partial charge in [0, 0.05) is 52.4 Å². The number of Topliss-reactive ketones (excluding diaryl/α,β-unsaturated/α-hetero) is 1. The largest absolute Gasteiger partial charge is 0.416 e. The summed E-state index contributed by atoms with van der Waals surface area (Å²) in [6.07, 6.45) is 1.68. The van der Waals surface area contributed by atoms with E-state index in [0.29, 0.717) is 33.5 Å². The van der Waals surface area contributed by atoms with E-state index < -0.39 is 17.6 Å². The predicted molar refractivity (Wildman–Crippen MR) is 143 cm³/mol. The van der Waals surface area contributed by atoms with Crippen LogP contribution in [0.25, 0.3) is 10.9 Å². The molecular weight excluding hydrogens is 534 g/mol. The fraction of sp³-hybridized carbons (Fsp3) is 0.0690. The first-order valence-electron chi connectivity index (χ1n) is 11.5. The van der Waals surface area contributed by atoms with Crippen LogP contribution in [-0.4, -0.2) is 28.1 Å². The molecule has 0 atom stereocenters. The van der Waals surface area contributed by atoms with Gasteiger partial charge in [0.25, 0.3) is 5.91 Å². The molecule has 1 aliphatic heterocycles. The maximum absolute atomic E-state index is 13.1. The van der Waals surface area contributed by atoms with Crippen molar-refractivity contribution in [1.82, 2.24) is 9.88 Å². The Kier molecular flexibility index (Phi) is 7.83. The summed E-state index contributed by atoms with van der Waals surface area (Å²) in [6.45, 7) is 0.195. The summed E-state index contributed by atoms with van der Waals surface area (Å²) in [5.41, 5.74) is 1.82. The first-order chi connectivity index (χ1) is 18.2. The van der Waals surface area contributed by atoms with Gasteiger partial charge < -0.3 is 10.2 Å². The Hall–Kier alpha value is -4.50. The van der Waals surface area contributed by atoms with Crippen molar-refractivity contribution >= 4 is 46.4 Å². The van der Waals surface area contributed by atoms with Crippen LogP contribution in [0.1, 0.15) is 26.3 Å². The highest BCUT2D eigenvalue weighted by atomic mass is 35.5. The second-order valence-corrected chi connectivity index (χ2v) is 8.56. The van der Waals surface area contributed by atoms with E-state index in [2.05, 4.69) is 10.3 Å². The van der Waals surface area contributed by atoms with Gasteiger partial charge in [0.2, 0.25) is 0 Å². The second-order valence-electron chi connectivity index (χ2n) is 8.56. The van der Waals surface area contributed by atoms with Gasteiger partial charge >= 0.3 is 6.18 Å². The molecule has 3 aromatic carbocycles. The number of halogens is 5. The molecule has 0 saturated carbocycles. The molecule has 5 nitrogen and oxygen atoms in total. The summed E-state index contributed by atoms with van der Waals surface area (Å²) in [6, 6.07) is 16.9. The quantitative estimate of drug-likeness (QED) is 0.207. The molecule has 0 aliphatic carbocycles. The second kappa shape index (κ2) is 11.1. The fourth-order valence-electron chi connectivity index (χ4n) is 4.03. The maximum atomic E-state index is 13.1. The number of anilines is 2. The minimum atomic E-state index is -4.46. The number of carbonyl (C=O) groups is 2. The van der Waals surface area contributed by atoms with Crippen molar-refractivity contribution in [3.63, 3.8) is 0 Å². The molecular formula is C29H20ClF4N3O2. The molecule has 1 aliphatic rings. The zero-order chi connectivity index (χ0) is 26.9. The summed E-state index contributed by atoms with van der Waals surface area (Å²) in [5.74, 6) is -0.963. The smallest absolute Gasteiger partial charge is 0.355 e. The van der Waals surface area contributed by atoms with Crippen LogP contribution in [0.5, 0.6) is 0 Å². The third kappa shape index (κ3) is 5.99. The highest BCUT2D eigenvalue weighted by Crippen LogP contribution is 2.33. The van der Waals surface area contributed by atoms with E-state index in [0.717, 1.165) is 12.1 Å². The number of hydrogen-bond acceptors (Lipinski definition) is 4. The maximum Gasteiger partial charge on any atom is 0.416 e. The van der Waals surface area contributed by atoms with Gasteiger partial charge in [-0.15, -0.1) is 12.4 Å². The van der Waals surface area contributed by atoms with Gasteiger partial charge in [0.05, 0.1) is 11.1 Å². The number of benzene rings is 3. The van der Waals surface area contributed by atoms with E-state index in [9.17, 15) is 27.2 Å². The van der Waals surface area contributed by atoms with Gasteiger partial charge in [-0.1, -0.05) is 12.1 Å². The van der Waals surface area contributed by atoms with Gasteiger partial charge in [-0.05, 0) is 72.8 Å². The Bertz CT molecular complexity index is 1600. The van der Waals surface area contributed by atoms with Crippen LogP contribution in [0, 0.1) is 5.82 Å². The van der Waals surface area contributed by atoms with Crippen LogP contribution in [0.3, 0.4) is 0 Å². The van der Waals surface area contributed by atoms with Crippen molar-refractivity contribution in [3.8, 4) is 0 Å². The monoisotopic (exact) mass is 553 g/mol. The van der Waals surface area contributed by atoms with Gasteiger partial charge in [-0.25, -0.2) is 4.39 Å². The summed E-state index contributed by atoms with van der Waals surface area (Å²) in [4.78, 5) is 31.0. The van der Waals surface area contributed by atoms with Crippen LogP contribution in [0.15, 0.2) is 103 Å². The van der Waals surface area contributed by atoms with Crippen molar-refractivity contribution in [2.45, 2.75) is 6.18 Å². The van der Waals surface area contributed by atoms with E-state index in [1.165, 1.54) is 47.6 Å². The number of amides is 1. The molecule has 2 heterocycles. The first-order valence-corrected chi connectivity index (χ1v) is 11.5. The average Bonchev–Trinajstić information content (AvgIpc) is 2.92. The highest BCUT2D eigenvalue weighted by molar-refractivity contribution is 6.11. The van der Waals surface area contributed by atoms with Crippen molar-refractivity contribution in [2.24, 2.45) is 0 Å². The van der Waals surface area contributed by atoms with Crippen molar-refractivity contribution in [2.75, 3.05) is 11.9 Å². The zero-order valence-electron chi connectivity index (χ0n) is 20.1. The zero-order valence-corrected chi connectivity index (χ0v) is 20.9. The molecule has 1 N–H and O–H groups in total. The van der Waals surface area contributed by atoms with Crippen LogP contribution < -0.4 is 5.32 Å². The Labute approximate surface area is 226 Å². The van der Waals surface area contributed by atoms with Crippen molar-refractivity contribution in [1.29, 1.82) is 0 Å². The SMILES string of the molecule is Cl.O=C(C1=CCN(C(=O)c2ccc(Nc3ccnc4cc(C(F)(F)F)ccc34)cc2)C=C1)c1ccc(F)cc1. The Balaban J connectivity index is 0.00000353. The number of nitrogens with one attached hydrogen (secondary N) is 1. The number of ketones is 1. The third-order valence-corrected chi connectivity index (χ3v) is 6.05. The van der Waals surface area contributed by atoms with E-state index in [1.807, 2.05) is 0 Å². The molecule has 10 heteroatoms. The summed E-state index contributed by atoms with van der Waals surface area (Å²) in [7, 11) is 0. The minimum absolute atomic E-state index is 0. The molecule has 4 aromatic rings. The average molecular weight is 554 g/mol. The molecule has 39 heavy (non-hydrogen) atoms.